The Hall–Kier alpha value is -2.62. The first-order valence-corrected chi connectivity index (χ1v) is 6.30. The number of aliphatic carboxylic acids is 1. The van der Waals surface area contributed by atoms with Crippen molar-refractivity contribution in [2.75, 3.05) is 0 Å². The number of aryl methyl sites for hydroxylation is 1. The predicted molar refractivity (Wildman–Crippen MR) is 75.5 cm³/mol. The molecule has 0 aliphatic carbocycles. The normalized spacial score (nSPS) is 10.8. The molecule has 3 aromatic rings. The van der Waals surface area contributed by atoms with Crippen LogP contribution in [0.3, 0.4) is 0 Å². The van der Waals surface area contributed by atoms with Crippen molar-refractivity contribution in [3.05, 3.63) is 53.6 Å². The number of benzene rings is 2. The molecule has 0 saturated heterocycles. The molecular formula is C16H13NO3. The van der Waals surface area contributed by atoms with Crippen LogP contribution in [0.2, 0.25) is 0 Å². The van der Waals surface area contributed by atoms with Crippen molar-refractivity contribution in [1.29, 1.82) is 0 Å². The van der Waals surface area contributed by atoms with Crippen LogP contribution in [0.25, 0.3) is 22.6 Å². The van der Waals surface area contributed by atoms with E-state index in [0.717, 1.165) is 11.1 Å². The van der Waals surface area contributed by atoms with Crippen LogP contribution in [-0.4, -0.2) is 16.1 Å². The van der Waals surface area contributed by atoms with Gasteiger partial charge in [0.05, 0.1) is 6.42 Å². The quantitative estimate of drug-likeness (QED) is 0.789. The van der Waals surface area contributed by atoms with Gasteiger partial charge in [0.15, 0.2) is 5.58 Å². The van der Waals surface area contributed by atoms with Crippen molar-refractivity contribution >= 4 is 17.1 Å². The Morgan fingerprint density at radius 2 is 2.10 bits per heavy atom. The van der Waals surface area contributed by atoms with E-state index in [-0.39, 0.29) is 6.42 Å². The molecule has 100 valence electrons. The van der Waals surface area contributed by atoms with Gasteiger partial charge in [-0.3, -0.25) is 4.79 Å². The summed E-state index contributed by atoms with van der Waals surface area (Å²) in [4.78, 5) is 15.2. The maximum atomic E-state index is 10.7. The highest BCUT2D eigenvalue weighted by Crippen LogP contribution is 2.25. The van der Waals surface area contributed by atoms with E-state index in [1.165, 1.54) is 0 Å². The molecule has 0 bridgehead atoms. The second-order valence-corrected chi connectivity index (χ2v) is 4.76. The fourth-order valence-electron chi connectivity index (χ4n) is 2.16. The molecule has 1 N–H and O–H groups in total. The van der Waals surface area contributed by atoms with E-state index in [4.69, 9.17) is 9.52 Å². The number of nitrogens with zero attached hydrogens (tertiary/aromatic N) is 1. The van der Waals surface area contributed by atoms with Gasteiger partial charge in [0.2, 0.25) is 5.89 Å². The van der Waals surface area contributed by atoms with Crippen LogP contribution < -0.4 is 0 Å². The third kappa shape index (κ3) is 2.40. The summed E-state index contributed by atoms with van der Waals surface area (Å²) in [6, 6.07) is 13.2. The van der Waals surface area contributed by atoms with Gasteiger partial charge < -0.3 is 9.52 Å². The van der Waals surface area contributed by atoms with Gasteiger partial charge in [0, 0.05) is 5.56 Å². The Morgan fingerprint density at radius 3 is 2.85 bits per heavy atom. The average Bonchev–Trinajstić information content (AvgIpc) is 2.81. The van der Waals surface area contributed by atoms with Crippen molar-refractivity contribution in [2.24, 2.45) is 0 Å². The smallest absolute Gasteiger partial charge is 0.307 e. The van der Waals surface area contributed by atoms with Gasteiger partial charge in [0.1, 0.15) is 5.52 Å². The maximum Gasteiger partial charge on any atom is 0.307 e. The fraction of sp³-hybridized carbons (Fsp3) is 0.125. The molecule has 1 aromatic heterocycles. The molecule has 0 saturated carbocycles. The van der Waals surface area contributed by atoms with E-state index in [9.17, 15) is 4.79 Å². The molecule has 0 fully saturated rings. The van der Waals surface area contributed by atoms with E-state index in [2.05, 4.69) is 4.98 Å². The van der Waals surface area contributed by atoms with Gasteiger partial charge in [-0.2, -0.15) is 0 Å². The lowest BCUT2D eigenvalue weighted by atomic mass is 10.1. The third-order valence-corrected chi connectivity index (χ3v) is 3.07. The van der Waals surface area contributed by atoms with E-state index in [1.54, 1.807) is 18.2 Å². The molecule has 0 aliphatic heterocycles. The van der Waals surface area contributed by atoms with Crippen LogP contribution in [0.5, 0.6) is 0 Å². The number of aromatic nitrogens is 1. The topological polar surface area (TPSA) is 63.3 Å². The molecular weight excluding hydrogens is 254 g/mol. The number of hydrogen-bond donors (Lipinski definition) is 1. The standard InChI is InChI=1S/C16H13NO3/c1-10-3-2-4-12(7-10)16-17-13-8-11(9-15(18)19)5-6-14(13)20-16/h2-8H,9H2,1H3,(H,18,19). The summed E-state index contributed by atoms with van der Waals surface area (Å²) < 4.78 is 5.71. The van der Waals surface area contributed by atoms with Crippen LogP contribution in [0, 0.1) is 6.92 Å². The van der Waals surface area contributed by atoms with Gasteiger partial charge in [0.25, 0.3) is 0 Å². The van der Waals surface area contributed by atoms with Crippen LogP contribution in [0.15, 0.2) is 46.9 Å². The SMILES string of the molecule is Cc1cccc(-c2nc3cc(CC(=O)O)ccc3o2)c1. The van der Waals surface area contributed by atoms with Crippen molar-refractivity contribution in [3.8, 4) is 11.5 Å². The molecule has 1 heterocycles. The maximum absolute atomic E-state index is 10.7. The zero-order valence-corrected chi connectivity index (χ0v) is 11.0. The van der Waals surface area contributed by atoms with Crippen LogP contribution in [0.4, 0.5) is 0 Å². The fourth-order valence-corrected chi connectivity index (χ4v) is 2.16. The van der Waals surface area contributed by atoms with Gasteiger partial charge in [-0.1, -0.05) is 23.8 Å². The summed E-state index contributed by atoms with van der Waals surface area (Å²) in [7, 11) is 0. The molecule has 20 heavy (non-hydrogen) atoms. The van der Waals surface area contributed by atoms with Gasteiger partial charge in [-0.25, -0.2) is 4.98 Å². The second kappa shape index (κ2) is 4.81. The predicted octanol–water partition coefficient (Wildman–Crippen LogP) is 3.43. The monoisotopic (exact) mass is 267 g/mol. The number of carboxylic acids is 1. The molecule has 0 aliphatic rings. The summed E-state index contributed by atoms with van der Waals surface area (Å²) in [5.41, 5.74) is 4.11. The lowest BCUT2D eigenvalue weighted by molar-refractivity contribution is -0.136. The highest BCUT2D eigenvalue weighted by Gasteiger charge is 2.10. The Balaban J connectivity index is 2.04. The Labute approximate surface area is 115 Å². The number of hydrogen-bond acceptors (Lipinski definition) is 3. The molecule has 4 nitrogen and oxygen atoms in total. The highest BCUT2D eigenvalue weighted by molar-refractivity contribution is 5.79. The first kappa shape index (κ1) is 12.4. The molecule has 0 spiro atoms. The molecule has 3 rings (SSSR count). The minimum Gasteiger partial charge on any atom is -0.481 e. The van der Waals surface area contributed by atoms with Crippen LogP contribution in [0.1, 0.15) is 11.1 Å². The van der Waals surface area contributed by atoms with Crippen LogP contribution in [-0.2, 0) is 11.2 Å². The number of oxazole rings is 1. The Morgan fingerprint density at radius 1 is 1.25 bits per heavy atom. The van der Waals surface area contributed by atoms with Crippen molar-refractivity contribution < 1.29 is 14.3 Å². The van der Waals surface area contributed by atoms with E-state index in [1.807, 2.05) is 31.2 Å². The minimum absolute atomic E-state index is 0.0113. The Bertz CT molecular complexity index is 789. The summed E-state index contributed by atoms with van der Waals surface area (Å²) in [5.74, 6) is -0.303. The van der Waals surface area contributed by atoms with E-state index in [0.29, 0.717) is 22.6 Å². The zero-order chi connectivity index (χ0) is 14.1. The summed E-state index contributed by atoms with van der Waals surface area (Å²) in [6.07, 6.45) is -0.0113. The molecule has 0 amide bonds. The number of carbonyl (C=O) groups is 1. The van der Waals surface area contributed by atoms with Gasteiger partial charge in [-0.05, 0) is 36.8 Å². The molecule has 0 unspecified atom stereocenters. The molecule has 2 aromatic carbocycles. The van der Waals surface area contributed by atoms with E-state index < -0.39 is 5.97 Å². The molecule has 4 heteroatoms. The highest BCUT2D eigenvalue weighted by atomic mass is 16.4. The summed E-state index contributed by atoms with van der Waals surface area (Å²) in [6.45, 7) is 2.01. The second-order valence-electron chi connectivity index (χ2n) is 4.76. The molecule has 0 atom stereocenters. The number of fused-ring (bicyclic) bond motifs is 1. The van der Waals surface area contributed by atoms with Gasteiger partial charge >= 0.3 is 5.97 Å². The first-order valence-electron chi connectivity index (χ1n) is 6.30. The minimum atomic E-state index is -0.855. The average molecular weight is 267 g/mol. The third-order valence-electron chi connectivity index (χ3n) is 3.07. The zero-order valence-electron chi connectivity index (χ0n) is 11.0. The largest absolute Gasteiger partial charge is 0.481 e. The summed E-state index contributed by atoms with van der Waals surface area (Å²) in [5, 5.41) is 8.81. The number of rotatable bonds is 3. The first-order chi connectivity index (χ1) is 9.61. The number of carboxylic acid groups (broad SMARTS) is 1. The van der Waals surface area contributed by atoms with Gasteiger partial charge in [-0.15, -0.1) is 0 Å². The van der Waals surface area contributed by atoms with Crippen LogP contribution >= 0.6 is 0 Å². The summed E-state index contributed by atoms with van der Waals surface area (Å²) >= 11 is 0. The molecule has 0 radical (unpaired) electrons. The van der Waals surface area contributed by atoms with Crippen molar-refractivity contribution in [2.45, 2.75) is 13.3 Å². The lowest BCUT2D eigenvalue weighted by Crippen LogP contribution is -1.99. The van der Waals surface area contributed by atoms with Crippen molar-refractivity contribution in [1.82, 2.24) is 4.98 Å². The lowest BCUT2D eigenvalue weighted by Gasteiger charge is -1.95. The van der Waals surface area contributed by atoms with E-state index >= 15 is 0 Å². The van der Waals surface area contributed by atoms with Crippen molar-refractivity contribution in [3.63, 3.8) is 0 Å². The Kier molecular flexibility index (Phi) is 2.99.